The van der Waals surface area contributed by atoms with Crippen LogP contribution in [0.25, 0.3) is 0 Å². The molecule has 2 heterocycles. The third kappa shape index (κ3) is 5.46. The second-order valence-corrected chi connectivity index (χ2v) is 6.83. The zero-order valence-electron chi connectivity index (χ0n) is 15.0. The maximum atomic E-state index is 13.7. The number of morpholine rings is 1. The first-order chi connectivity index (χ1) is 12.6. The quantitative estimate of drug-likeness (QED) is 0.796. The van der Waals surface area contributed by atoms with E-state index in [9.17, 15) is 13.6 Å². The monoisotopic (exact) mass is 368 g/mol. The van der Waals surface area contributed by atoms with Crippen LogP contribution in [0.4, 0.5) is 8.78 Å². The minimum Gasteiger partial charge on any atom is -0.379 e. The van der Waals surface area contributed by atoms with Crippen molar-refractivity contribution in [3.05, 3.63) is 35.4 Å². The third-order valence-electron chi connectivity index (χ3n) is 4.89. The minimum atomic E-state index is -0.604. The number of aryl methyl sites for hydroxylation is 1. The van der Waals surface area contributed by atoms with E-state index in [0.29, 0.717) is 25.3 Å². The predicted molar refractivity (Wildman–Crippen MR) is 92.9 cm³/mol. The van der Waals surface area contributed by atoms with Gasteiger partial charge in [-0.1, -0.05) is 6.07 Å². The minimum absolute atomic E-state index is 0.00815. The standard InChI is InChI=1S/C19H26F2N2O3/c20-16-4-2-15(18(21)12-16)3-5-19(24)23-6-1-9-26-17(14-23)13-22-7-10-25-11-8-22/h2,4,12,17H,1,3,5-11,13-14H2/t17-/m1/s1. The van der Waals surface area contributed by atoms with Gasteiger partial charge in [0.2, 0.25) is 5.91 Å². The van der Waals surface area contributed by atoms with Crippen LogP contribution >= 0.6 is 0 Å². The Bertz CT molecular complexity index is 608. The summed E-state index contributed by atoms with van der Waals surface area (Å²) in [5.41, 5.74) is 0.371. The van der Waals surface area contributed by atoms with Crippen molar-refractivity contribution in [3.63, 3.8) is 0 Å². The first-order valence-electron chi connectivity index (χ1n) is 9.25. The van der Waals surface area contributed by atoms with Gasteiger partial charge in [-0.05, 0) is 24.5 Å². The van der Waals surface area contributed by atoms with Crippen LogP contribution < -0.4 is 0 Å². The molecule has 144 valence electrons. The molecule has 1 aromatic rings. The van der Waals surface area contributed by atoms with Crippen LogP contribution in [0.2, 0.25) is 0 Å². The molecule has 0 aromatic heterocycles. The summed E-state index contributed by atoms with van der Waals surface area (Å²) >= 11 is 0. The Labute approximate surface area is 152 Å². The number of amides is 1. The number of benzene rings is 1. The molecule has 26 heavy (non-hydrogen) atoms. The van der Waals surface area contributed by atoms with Gasteiger partial charge in [-0.15, -0.1) is 0 Å². The van der Waals surface area contributed by atoms with E-state index in [2.05, 4.69) is 4.90 Å². The molecule has 1 amide bonds. The van der Waals surface area contributed by atoms with Gasteiger partial charge < -0.3 is 14.4 Å². The Kier molecular flexibility index (Phi) is 6.93. The average Bonchev–Trinajstić information content (AvgIpc) is 2.87. The fourth-order valence-electron chi connectivity index (χ4n) is 3.43. The topological polar surface area (TPSA) is 42.0 Å². The van der Waals surface area contributed by atoms with E-state index in [4.69, 9.17) is 9.47 Å². The van der Waals surface area contributed by atoms with Crippen molar-refractivity contribution in [2.45, 2.75) is 25.4 Å². The molecule has 7 heteroatoms. The van der Waals surface area contributed by atoms with Crippen molar-refractivity contribution in [2.75, 3.05) is 52.5 Å². The molecule has 1 aromatic carbocycles. The van der Waals surface area contributed by atoms with E-state index in [1.54, 1.807) is 0 Å². The molecule has 0 saturated carbocycles. The Hall–Kier alpha value is -1.57. The lowest BCUT2D eigenvalue weighted by atomic mass is 10.1. The third-order valence-corrected chi connectivity index (χ3v) is 4.89. The van der Waals surface area contributed by atoms with Crippen molar-refractivity contribution in [1.29, 1.82) is 0 Å². The summed E-state index contributed by atoms with van der Waals surface area (Å²) in [4.78, 5) is 16.7. The smallest absolute Gasteiger partial charge is 0.222 e. The van der Waals surface area contributed by atoms with E-state index in [0.717, 1.165) is 45.3 Å². The first-order valence-corrected chi connectivity index (χ1v) is 9.25. The van der Waals surface area contributed by atoms with E-state index in [1.807, 2.05) is 4.90 Å². The maximum Gasteiger partial charge on any atom is 0.222 e. The summed E-state index contributed by atoms with van der Waals surface area (Å²) in [6.45, 7) is 5.89. The molecule has 0 N–H and O–H groups in total. The number of hydrogen-bond donors (Lipinski definition) is 0. The average molecular weight is 368 g/mol. The van der Waals surface area contributed by atoms with Crippen LogP contribution in [0.15, 0.2) is 18.2 Å². The summed E-state index contributed by atoms with van der Waals surface area (Å²) in [6.07, 6.45) is 1.28. The molecule has 0 unspecified atom stereocenters. The van der Waals surface area contributed by atoms with Crippen molar-refractivity contribution in [2.24, 2.45) is 0 Å². The molecule has 5 nitrogen and oxygen atoms in total. The summed E-state index contributed by atoms with van der Waals surface area (Å²) in [5.74, 6) is -1.21. The van der Waals surface area contributed by atoms with Gasteiger partial charge in [-0.2, -0.15) is 0 Å². The Morgan fingerprint density at radius 3 is 2.73 bits per heavy atom. The summed E-state index contributed by atoms with van der Waals surface area (Å²) in [5, 5.41) is 0. The highest BCUT2D eigenvalue weighted by atomic mass is 19.1. The van der Waals surface area contributed by atoms with Gasteiger partial charge in [-0.3, -0.25) is 9.69 Å². The lowest BCUT2D eigenvalue weighted by molar-refractivity contribution is -0.132. The highest BCUT2D eigenvalue weighted by Gasteiger charge is 2.25. The highest BCUT2D eigenvalue weighted by Crippen LogP contribution is 2.14. The molecule has 0 bridgehead atoms. The molecule has 1 atom stereocenters. The fraction of sp³-hybridized carbons (Fsp3) is 0.632. The number of nitrogens with zero attached hydrogens (tertiary/aromatic N) is 2. The summed E-state index contributed by atoms with van der Waals surface area (Å²) < 4.78 is 38.0. The van der Waals surface area contributed by atoms with Crippen molar-refractivity contribution in [3.8, 4) is 0 Å². The SMILES string of the molecule is O=C(CCc1ccc(F)cc1F)N1CCCO[C@H](CN2CCOCC2)C1. The molecule has 0 radical (unpaired) electrons. The Morgan fingerprint density at radius 2 is 1.96 bits per heavy atom. The predicted octanol–water partition coefficient (Wildman–Crippen LogP) is 1.85. The summed E-state index contributed by atoms with van der Waals surface area (Å²) in [7, 11) is 0. The van der Waals surface area contributed by atoms with Gasteiger partial charge in [0.25, 0.3) is 0 Å². The van der Waals surface area contributed by atoms with Crippen molar-refractivity contribution >= 4 is 5.91 Å². The van der Waals surface area contributed by atoms with Crippen LogP contribution in [0.3, 0.4) is 0 Å². The van der Waals surface area contributed by atoms with Gasteiger partial charge in [-0.25, -0.2) is 8.78 Å². The van der Waals surface area contributed by atoms with Gasteiger partial charge in [0.05, 0.1) is 19.3 Å². The Balaban J connectivity index is 1.51. The van der Waals surface area contributed by atoms with E-state index in [1.165, 1.54) is 12.1 Å². The van der Waals surface area contributed by atoms with E-state index >= 15 is 0 Å². The molecular formula is C19H26F2N2O3. The first kappa shape index (κ1) is 19.2. The van der Waals surface area contributed by atoms with Crippen molar-refractivity contribution < 1.29 is 23.0 Å². The second-order valence-electron chi connectivity index (χ2n) is 6.83. The number of carbonyl (C=O) groups excluding carboxylic acids is 1. The normalized spacial score (nSPS) is 22.2. The zero-order chi connectivity index (χ0) is 18.4. The van der Waals surface area contributed by atoms with Crippen LogP contribution in [-0.4, -0.2) is 74.4 Å². The molecule has 0 spiro atoms. The molecule has 3 rings (SSSR count). The largest absolute Gasteiger partial charge is 0.379 e. The number of ether oxygens (including phenoxy) is 2. The van der Waals surface area contributed by atoms with Gasteiger partial charge >= 0.3 is 0 Å². The highest BCUT2D eigenvalue weighted by molar-refractivity contribution is 5.76. The molecule has 2 fully saturated rings. The number of hydrogen-bond acceptors (Lipinski definition) is 4. The fourth-order valence-corrected chi connectivity index (χ4v) is 3.43. The Morgan fingerprint density at radius 1 is 1.15 bits per heavy atom. The number of rotatable bonds is 5. The van der Waals surface area contributed by atoms with Gasteiger partial charge in [0.1, 0.15) is 11.6 Å². The van der Waals surface area contributed by atoms with Crippen LogP contribution in [0.1, 0.15) is 18.4 Å². The molecule has 2 aliphatic rings. The molecule has 2 aliphatic heterocycles. The van der Waals surface area contributed by atoms with Crippen LogP contribution in [0, 0.1) is 11.6 Å². The van der Waals surface area contributed by atoms with Gasteiger partial charge in [0.15, 0.2) is 0 Å². The maximum absolute atomic E-state index is 13.7. The zero-order valence-corrected chi connectivity index (χ0v) is 15.0. The van der Waals surface area contributed by atoms with Crippen LogP contribution in [-0.2, 0) is 20.7 Å². The van der Waals surface area contributed by atoms with Crippen molar-refractivity contribution in [1.82, 2.24) is 9.80 Å². The van der Waals surface area contributed by atoms with E-state index in [-0.39, 0.29) is 24.9 Å². The molecule has 2 saturated heterocycles. The lowest BCUT2D eigenvalue weighted by Gasteiger charge is -2.31. The number of halogens is 2. The lowest BCUT2D eigenvalue weighted by Crippen LogP contribution is -2.45. The second kappa shape index (κ2) is 9.39. The van der Waals surface area contributed by atoms with Gasteiger partial charge in [0, 0.05) is 51.8 Å². The number of carbonyl (C=O) groups is 1. The molecular weight excluding hydrogens is 342 g/mol. The summed E-state index contributed by atoms with van der Waals surface area (Å²) in [6, 6.07) is 3.49. The van der Waals surface area contributed by atoms with Crippen LogP contribution in [0.5, 0.6) is 0 Å². The van der Waals surface area contributed by atoms with E-state index < -0.39 is 11.6 Å². The molecule has 0 aliphatic carbocycles.